The van der Waals surface area contributed by atoms with E-state index in [0.29, 0.717) is 29.7 Å². The molecule has 0 bridgehead atoms. The molecule has 0 radical (unpaired) electrons. The highest BCUT2D eigenvalue weighted by Crippen LogP contribution is 2.26. The van der Waals surface area contributed by atoms with Crippen LogP contribution in [0.5, 0.6) is 0 Å². The number of aromatic nitrogens is 3. The lowest BCUT2D eigenvalue weighted by Crippen LogP contribution is -2.36. The summed E-state index contributed by atoms with van der Waals surface area (Å²) in [6.45, 7) is 2.80. The summed E-state index contributed by atoms with van der Waals surface area (Å²) in [5.74, 6) is -3.60. The van der Waals surface area contributed by atoms with Crippen molar-refractivity contribution in [3.8, 4) is 0 Å². The Hall–Kier alpha value is -4.50. The number of thiazole rings is 1. The second-order valence-corrected chi connectivity index (χ2v) is 9.49. The van der Waals surface area contributed by atoms with Gasteiger partial charge in [0.15, 0.2) is 10.8 Å². The number of benzene rings is 2. The van der Waals surface area contributed by atoms with Gasteiger partial charge < -0.3 is 25.0 Å². The number of morpholine rings is 1. The monoisotopic (exact) mass is 574 g/mol. The molecule has 2 aromatic heterocycles. The standard InChI is InChI=1S/C25H21F3N6O5S/c26-25(27,28)24(37)39-22(23-29-7-12-40-23)31-21(36)15-3-6-18-17(13-15)19(33-32-18)30-20(35)14-1-4-16(5-2-14)34-8-10-38-11-9-34/h1-7,12-13,22H,8-11H2,(H,31,36)(H2,30,32,33,35). The summed E-state index contributed by atoms with van der Waals surface area (Å²) in [4.78, 5) is 43.2. The van der Waals surface area contributed by atoms with Gasteiger partial charge in [0, 0.05) is 46.9 Å². The number of hydrogen-bond acceptors (Lipinski definition) is 9. The van der Waals surface area contributed by atoms with E-state index in [0.717, 1.165) is 30.1 Å². The second kappa shape index (κ2) is 11.3. The number of carbonyl (C=O) groups is 3. The minimum absolute atomic E-state index is 0.0175. The molecule has 11 nitrogen and oxygen atoms in total. The normalized spacial score (nSPS) is 14.5. The maximum absolute atomic E-state index is 12.9. The third-order valence-electron chi connectivity index (χ3n) is 5.96. The number of rotatable bonds is 7. The summed E-state index contributed by atoms with van der Waals surface area (Å²) in [7, 11) is 0. The quantitative estimate of drug-likeness (QED) is 0.225. The maximum Gasteiger partial charge on any atom is 0.491 e. The van der Waals surface area contributed by atoms with Crippen LogP contribution in [-0.4, -0.2) is 65.4 Å². The summed E-state index contributed by atoms with van der Waals surface area (Å²) in [5.41, 5.74) is 1.87. The van der Waals surface area contributed by atoms with Gasteiger partial charge >= 0.3 is 12.1 Å². The minimum atomic E-state index is -5.26. The topological polar surface area (TPSA) is 139 Å². The zero-order valence-electron chi connectivity index (χ0n) is 20.5. The number of esters is 1. The summed E-state index contributed by atoms with van der Waals surface area (Å²) in [5, 5.41) is 13.6. The number of aromatic amines is 1. The molecule has 40 heavy (non-hydrogen) atoms. The number of halogens is 3. The maximum atomic E-state index is 12.9. The van der Waals surface area contributed by atoms with Crippen molar-refractivity contribution in [2.24, 2.45) is 0 Å². The van der Waals surface area contributed by atoms with Crippen LogP contribution in [0.25, 0.3) is 10.9 Å². The molecule has 1 atom stereocenters. The largest absolute Gasteiger partial charge is 0.491 e. The van der Waals surface area contributed by atoms with E-state index in [1.54, 1.807) is 12.1 Å². The van der Waals surface area contributed by atoms with E-state index in [1.807, 2.05) is 12.1 Å². The first-order chi connectivity index (χ1) is 19.2. The number of alkyl halides is 3. The van der Waals surface area contributed by atoms with Crippen LogP contribution in [0.2, 0.25) is 0 Å². The number of amides is 2. The molecular weight excluding hydrogens is 553 g/mol. The second-order valence-electron chi connectivity index (χ2n) is 8.56. The lowest BCUT2D eigenvalue weighted by molar-refractivity contribution is -0.206. The molecule has 1 saturated heterocycles. The fourth-order valence-electron chi connectivity index (χ4n) is 3.96. The van der Waals surface area contributed by atoms with Crippen molar-refractivity contribution in [3.63, 3.8) is 0 Å². The van der Waals surface area contributed by atoms with Crippen molar-refractivity contribution in [3.05, 3.63) is 70.2 Å². The predicted molar refractivity (Wildman–Crippen MR) is 138 cm³/mol. The van der Waals surface area contributed by atoms with Crippen molar-refractivity contribution in [2.45, 2.75) is 12.4 Å². The third-order valence-corrected chi connectivity index (χ3v) is 6.78. The van der Waals surface area contributed by atoms with Gasteiger partial charge in [-0.15, -0.1) is 11.3 Å². The molecule has 5 rings (SSSR count). The number of nitrogens with one attached hydrogen (secondary N) is 3. The Morgan fingerprint density at radius 3 is 2.45 bits per heavy atom. The van der Waals surface area contributed by atoms with Gasteiger partial charge in [0.25, 0.3) is 11.8 Å². The van der Waals surface area contributed by atoms with E-state index in [2.05, 4.69) is 35.5 Å². The first-order valence-corrected chi connectivity index (χ1v) is 12.8. The van der Waals surface area contributed by atoms with Crippen molar-refractivity contribution in [1.82, 2.24) is 20.5 Å². The molecule has 1 aliphatic heterocycles. The first kappa shape index (κ1) is 27.1. The SMILES string of the molecule is O=C(Nc1n[nH]c2ccc(C(=O)NC(OC(=O)C(F)(F)F)c3nccs3)cc12)c1ccc(N2CCOCC2)cc1. The van der Waals surface area contributed by atoms with E-state index in [-0.39, 0.29) is 16.4 Å². The molecular formula is C25H21F3N6O5S. The smallest absolute Gasteiger partial charge is 0.428 e. The number of nitrogens with zero attached hydrogens (tertiary/aromatic N) is 3. The molecule has 0 saturated carbocycles. The Labute approximate surface area is 228 Å². The minimum Gasteiger partial charge on any atom is -0.428 e. The van der Waals surface area contributed by atoms with Gasteiger partial charge in [-0.3, -0.25) is 14.7 Å². The van der Waals surface area contributed by atoms with E-state index in [4.69, 9.17) is 4.74 Å². The van der Waals surface area contributed by atoms with Crippen molar-refractivity contribution >= 4 is 51.5 Å². The Kier molecular flexibility index (Phi) is 7.66. The summed E-state index contributed by atoms with van der Waals surface area (Å²) >= 11 is 0.900. The fraction of sp³-hybridized carbons (Fsp3) is 0.240. The average Bonchev–Trinajstić information content (AvgIpc) is 3.63. The number of ether oxygens (including phenoxy) is 2. The lowest BCUT2D eigenvalue weighted by Gasteiger charge is -2.28. The molecule has 2 amide bonds. The van der Waals surface area contributed by atoms with Gasteiger partial charge in [-0.05, 0) is 42.5 Å². The van der Waals surface area contributed by atoms with Crippen LogP contribution >= 0.6 is 11.3 Å². The van der Waals surface area contributed by atoms with E-state index < -0.39 is 30.2 Å². The Morgan fingerprint density at radius 1 is 1.05 bits per heavy atom. The molecule has 3 N–H and O–H groups in total. The molecule has 0 spiro atoms. The van der Waals surface area contributed by atoms with Crippen LogP contribution in [0.1, 0.15) is 32.0 Å². The van der Waals surface area contributed by atoms with Crippen LogP contribution in [0.4, 0.5) is 24.7 Å². The number of anilines is 2. The number of hydrogen-bond donors (Lipinski definition) is 3. The Balaban J connectivity index is 1.31. The summed E-state index contributed by atoms with van der Waals surface area (Å²) in [6.07, 6.45) is -5.73. The molecule has 1 fully saturated rings. The molecule has 1 unspecified atom stereocenters. The van der Waals surface area contributed by atoms with Crippen LogP contribution < -0.4 is 15.5 Å². The van der Waals surface area contributed by atoms with Gasteiger partial charge in [0.2, 0.25) is 6.23 Å². The van der Waals surface area contributed by atoms with Crippen LogP contribution in [-0.2, 0) is 14.3 Å². The summed E-state index contributed by atoms with van der Waals surface area (Å²) < 4.78 is 48.1. The third kappa shape index (κ3) is 6.05. The molecule has 1 aliphatic rings. The fourth-order valence-corrected chi connectivity index (χ4v) is 4.57. The zero-order valence-corrected chi connectivity index (χ0v) is 21.3. The average molecular weight is 575 g/mol. The summed E-state index contributed by atoms with van der Waals surface area (Å²) in [6, 6.07) is 11.4. The van der Waals surface area contributed by atoms with Crippen molar-refractivity contribution < 1.29 is 37.0 Å². The Bertz CT molecular complexity index is 1520. The van der Waals surface area contributed by atoms with E-state index >= 15 is 0 Å². The van der Waals surface area contributed by atoms with Gasteiger partial charge in [0.05, 0.1) is 18.7 Å². The number of carbonyl (C=O) groups excluding carboxylic acids is 3. The first-order valence-electron chi connectivity index (χ1n) is 11.9. The van der Waals surface area contributed by atoms with Crippen molar-refractivity contribution in [2.75, 3.05) is 36.5 Å². The van der Waals surface area contributed by atoms with Gasteiger partial charge in [0.1, 0.15) is 0 Å². The highest BCUT2D eigenvalue weighted by Gasteiger charge is 2.43. The molecule has 15 heteroatoms. The predicted octanol–water partition coefficient (Wildman–Crippen LogP) is 3.64. The molecule has 0 aliphatic carbocycles. The van der Waals surface area contributed by atoms with Crippen LogP contribution in [0.3, 0.4) is 0 Å². The van der Waals surface area contributed by atoms with Crippen LogP contribution in [0, 0.1) is 0 Å². The molecule has 4 aromatic rings. The van der Waals surface area contributed by atoms with Gasteiger partial charge in [-0.25, -0.2) is 9.78 Å². The van der Waals surface area contributed by atoms with Gasteiger partial charge in [-0.2, -0.15) is 18.3 Å². The van der Waals surface area contributed by atoms with E-state index in [9.17, 15) is 27.6 Å². The lowest BCUT2D eigenvalue weighted by atomic mass is 10.1. The highest BCUT2D eigenvalue weighted by molar-refractivity contribution is 7.09. The number of H-pyrrole nitrogens is 1. The van der Waals surface area contributed by atoms with Crippen molar-refractivity contribution in [1.29, 1.82) is 0 Å². The zero-order chi connectivity index (χ0) is 28.3. The molecule has 208 valence electrons. The van der Waals surface area contributed by atoms with E-state index in [1.165, 1.54) is 29.8 Å². The Morgan fingerprint density at radius 2 is 1.77 bits per heavy atom. The van der Waals surface area contributed by atoms with Crippen LogP contribution in [0.15, 0.2) is 54.0 Å². The van der Waals surface area contributed by atoms with Gasteiger partial charge in [-0.1, -0.05) is 0 Å². The molecule has 3 heterocycles. The number of fused-ring (bicyclic) bond motifs is 1. The highest BCUT2D eigenvalue weighted by atomic mass is 32.1. The molecule has 2 aromatic carbocycles.